The van der Waals surface area contributed by atoms with E-state index in [1.165, 1.54) is 11.0 Å². The fourth-order valence-corrected chi connectivity index (χ4v) is 5.60. The molecule has 42 heavy (non-hydrogen) atoms. The molecule has 11 heteroatoms. The lowest BCUT2D eigenvalue weighted by atomic mass is 10.0. The molecule has 2 atom stereocenters. The normalized spacial score (nSPS) is 12.8. The van der Waals surface area contributed by atoms with Crippen molar-refractivity contribution in [2.75, 3.05) is 17.1 Å². The Morgan fingerprint density at radius 2 is 1.64 bits per heavy atom. The first-order valence-corrected chi connectivity index (χ1v) is 15.9. The molecule has 0 bridgehead atoms. The van der Waals surface area contributed by atoms with Gasteiger partial charge in [-0.1, -0.05) is 67.1 Å². The summed E-state index contributed by atoms with van der Waals surface area (Å²) in [6.45, 7) is 3.74. The van der Waals surface area contributed by atoms with Crippen molar-refractivity contribution in [2.45, 2.75) is 58.2 Å². The van der Waals surface area contributed by atoms with Crippen LogP contribution in [0.3, 0.4) is 0 Å². The molecule has 0 aliphatic rings. The molecule has 1 N–H and O–H groups in total. The fraction of sp³-hybridized carbons (Fsp3) is 0.355. The number of sulfonamides is 1. The van der Waals surface area contributed by atoms with E-state index in [1.54, 1.807) is 24.3 Å². The molecule has 7 nitrogen and oxygen atoms in total. The van der Waals surface area contributed by atoms with Crippen molar-refractivity contribution in [3.05, 3.63) is 101 Å². The van der Waals surface area contributed by atoms with Crippen molar-refractivity contribution >= 4 is 39.1 Å². The molecule has 0 aromatic heterocycles. The van der Waals surface area contributed by atoms with Crippen LogP contribution in [0.4, 0.5) is 14.5 Å². The summed E-state index contributed by atoms with van der Waals surface area (Å²) in [7, 11) is -3.87. The Bertz CT molecular complexity index is 1470. The lowest BCUT2D eigenvalue weighted by molar-refractivity contribution is -0.141. The van der Waals surface area contributed by atoms with Crippen LogP contribution in [0.1, 0.15) is 44.2 Å². The van der Waals surface area contributed by atoms with Crippen LogP contribution in [-0.2, 0) is 32.6 Å². The van der Waals surface area contributed by atoms with Crippen LogP contribution in [-0.4, -0.2) is 50.0 Å². The zero-order valence-electron chi connectivity index (χ0n) is 23.9. The van der Waals surface area contributed by atoms with Crippen LogP contribution in [0.5, 0.6) is 0 Å². The number of benzene rings is 3. The Kier molecular flexibility index (Phi) is 11.9. The Morgan fingerprint density at radius 3 is 2.26 bits per heavy atom. The highest BCUT2D eigenvalue weighted by molar-refractivity contribution is 7.92. The van der Waals surface area contributed by atoms with Crippen LogP contribution in [0.25, 0.3) is 0 Å². The summed E-state index contributed by atoms with van der Waals surface area (Å²) in [4.78, 5) is 28.9. The number of hydrogen-bond acceptors (Lipinski definition) is 4. The second-order valence-corrected chi connectivity index (χ2v) is 12.5. The molecule has 0 fully saturated rings. The lowest BCUT2D eigenvalue weighted by Gasteiger charge is -2.33. The van der Waals surface area contributed by atoms with Gasteiger partial charge in [0.2, 0.25) is 21.8 Å². The predicted molar refractivity (Wildman–Crippen MR) is 162 cm³/mol. The van der Waals surface area contributed by atoms with Crippen LogP contribution in [0.15, 0.2) is 72.8 Å². The van der Waals surface area contributed by atoms with Gasteiger partial charge in [-0.2, -0.15) is 0 Å². The predicted octanol–water partition coefficient (Wildman–Crippen LogP) is 5.72. The van der Waals surface area contributed by atoms with Crippen molar-refractivity contribution in [2.24, 2.45) is 0 Å². The van der Waals surface area contributed by atoms with Gasteiger partial charge >= 0.3 is 0 Å². The highest BCUT2D eigenvalue weighted by Crippen LogP contribution is 2.24. The summed E-state index contributed by atoms with van der Waals surface area (Å²) in [6, 6.07) is 18.2. The average molecular weight is 620 g/mol. The summed E-state index contributed by atoms with van der Waals surface area (Å²) in [5.41, 5.74) is 1.47. The Hall–Kier alpha value is -3.50. The van der Waals surface area contributed by atoms with Gasteiger partial charge in [0.05, 0.1) is 11.9 Å². The number of rotatable bonds is 14. The monoisotopic (exact) mass is 619 g/mol. The maximum Gasteiger partial charge on any atom is 0.243 e. The third kappa shape index (κ3) is 9.25. The molecule has 0 heterocycles. The molecule has 2 amide bonds. The maximum absolute atomic E-state index is 13.9. The van der Waals surface area contributed by atoms with E-state index in [0.29, 0.717) is 17.0 Å². The molecule has 226 valence electrons. The summed E-state index contributed by atoms with van der Waals surface area (Å²) >= 11 is 6.44. The third-order valence-electron chi connectivity index (χ3n) is 6.91. The molecule has 0 aliphatic carbocycles. The Balaban J connectivity index is 1.91. The molecule has 3 rings (SSSR count). The number of hydrogen-bond donors (Lipinski definition) is 1. The number of nitrogens with one attached hydrogen (secondary N) is 1. The molecular weight excluding hydrogens is 584 g/mol. The van der Waals surface area contributed by atoms with Gasteiger partial charge in [0.15, 0.2) is 11.6 Å². The maximum atomic E-state index is 13.9. The Morgan fingerprint density at radius 1 is 0.976 bits per heavy atom. The number of anilines is 1. The first-order valence-electron chi connectivity index (χ1n) is 13.7. The van der Waals surface area contributed by atoms with Gasteiger partial charge in [-0.05, 0) is 49.1 Å². The van der Waals surface area contributed by atoms with E-state index < -0.39 is 27.7 Å². The third-order valence-corrected chi connectivity index (χ3v) is 8.48. The zero-order chi connectivity index (χ0) is 30.9. The van der Waals surface area contributed by atoms with Gasteiger partial charge in [0.1, 0.15) is 6.04 Å². The van der Waals surface area contributed by atoms with Crippen molar-refractivity contribution in [1.29, 1.82) is 0 Å². The number of nitrogens with zero attached hydrogens (tertiary/aromatic N) is 2. The minimum absolute atomic E-state index is 0.0494. The van der Waals surface area contributed by atoms with Gasteiger partial charge in [-0.25, -0.2) is 17.2 Å². The van der Waals surface area contributed by atoms with E-state index in [2.05, 4.69) is 5.32 Å². The summed E-state index contributed by atoms with van der Waals surface area (Å²) in [5.74, 6) is -2.97. The molecule has 3 aromatic rings. The summed E-state index contributed by atoms with van der Waals surface area (Å²) in [6.07, 6.45) is 1.86. The number of carbonyl (C=O) groups is 2. The average Bonchev–Trinajstić information content (AvgIpc) is 2.95. The number of amides is 2. The number of carbonyl (C=O) groups excluding carboxylic acids is 2. The van der Waals surface area contributed by atoms with Crippen LogP contribution in [0.2, 0.25) is 5.02 Å². The molecule has 2 unspecified atom stereocenters. The second kappa shape index (κ2) is 15.1. The van der Waals surface area contributed by atoms with E-state index in [9.17, 15) is 26.8 Å². The first kappa shape index (κ1) is 33.0. The highest BCUT2D eigenvalue weighted by atomic mass is 35.5. The van der Waals surface area contributed by atoms with Crippen molar-refractivity contribution in [3.63, 3.8) is 0 Å². The topological polar surface area (TPSA) is 86.8 Å². The molecule has 0 aliphatic heterocycles. The molecule has 0 radical (unpaired) electrons. The van der Waals surface area contributed by atoms with Gasteiger partial charge in [0.25, 0.3) is 0 Å². The SMILES string of the molecule is CCC(C)NC(=O)C(Cc1ccccc1)N(Cc1ccccc1Cl)C(=O)CCCN(c1ccc(F)c(F)c1)S(C)(=O)=O. The minimum Gasteiger partial charge on any atom is -0.352 e. The molecule has 0 saturated carbocycles. The quantitative estimate of drug-likeness (QED) is 0.250. The van der Waals surface area contributed by atoms with E-state index in [-0.39, 0.29) is 55.9 Å². The van der Waals surface area contributed by atoms with Crippen LogP contribution in [0, 0.1) is 11.6 Å². The van der Waals surface area contributed by atoms with Crippen molar-refractivity contribution in [1.82, 2.24) is 10.2 Å². The fourth-order valence-electron chi connectivity index (χ4n) is 4.45. The first-order chi connectivity index (χ1) is 19.9. The smallest absolute Gasteiger partial charge is 0.243 e. The minimum atomic E-state index is -3.87. The van der Waals surface area contributed by atoms with E-state index >= 15 is 0 Å². The van der Waals surface area contributed by atoms with Gasteiger partial charge < -0.3 is 10.2 Å². The van der Waals surface area contributed by atoms with E-state index in [0.717, 1.165) is 28.3 Å². The molecular formula is C31H36ClF2N3O4S. The standard InChI is InChI=1S/C31H36ClF2N3O4S/c1-4-22(2)35-31(39)29(19-23-11-6-5-7-12-23)36(21-24-13-8-9-14-26(24)32)30(38)15-10-18-37(42(3,40)41)25-16-17-27(33)28(34)20-25/h5-9,11-14,16-17,20,22,29H,4,10,15,18-19,21H2,1-3H3,(H,35,39). The van der Waals surface area contributed by atoms with E-state index in [1.807, 2.05) is 44.2 Å². The van der Waals surface area contributed by atoms with Crippen LogP contribution < -0.4 is 9.62 Å². The van der Waals surface area contributed by atoms with Gasteiger partial charge in [-0.3, -0.25) is 13.9 Å². The van der Waals surface area contributed by atoms with Crippen molar-refractivity contribution in [3.8, 4) is 0 Å². The zero-order valence-corrected chi connectivity index (χ0v) is 25.5. The molecule has 3 aromatic carbocycles. The Labute approximate surface area is 251 Å². The largest absolute Gasteiger partial charge is 0.352 e. The summed E-state index contributed by atoms with van der Waals surface area (Å²) < 4.78 is 53.3. The van der Waals surface area contributed by atoms with Gasteiger partial charge in [0, 0.05) is 43.1 Å². The van der Waals surface area contributed by atoms with E-state index in [4.69, 9.17) is 11.6 Å². The highest BCUT2D eigenvalue weighted by Gasteiger charge is 2.31. The van der Waals surface area contributed by atoms with Crippen molar-refractivity contribution < 1.29 is 26.8 Å². The molecule has 0 saturated heterocycles. The molecule has 0 spiro atoms. The second-order valence-electron chi connectivity index (χ2n) is 10.2. The van der Waals surface area contributed by atoms with Gasteiger partial charge in [-0.15, -0.1) is 0 Å². The van der Waals surface area contributed by atoms with Crippen LogP contribution >= 0.6 is 11.6 Å². The number of halogens is 3. The lowest BCUT2D eigenvalue weighted by Crippen LogP contribution is -2.52. The summed E-state index contributed by atoms with van der Waals surface area (Å²) in [5, 5.41) is 3.43.